The van der Waals surface area contributed by atoms with Crippen LogP contribution in [-0.2, 0) is 10.5 Å². The van der Waals surface area contributed by atoms with E-state index >= 15 is 0 Å². The smallest absolute Gasteiger partial charge is 0.230 e. The van der Waals surface area contributed by atoms with Gasteiger partial charge >= 0.3 is 0 Å². The third-order valence-corrected chi connectivity index (χ3v) is 4.92. The SMILES string of the molecule is O=C(CSCc1csc(-c2ccco2)n1)NCC1CC1. The van der Waals surface area contributed by atoms with Gasteiger partial charge in [-0.05, 0) is 30.9 Å². The Labute approximate surface area is 126 Å². The molecule has 0 bridgehead atoms. The van der Waals surface area contributed by atoms with Crippen molar-refractivity contribution in [1.29, 1.82) is 0 Å². The van der Waals surface area contributed by atoms with Gasteiger partial charge in [0.15, 0.2) is 10.8 Å². The zero-order valence-corrected chi connectivity index (χ0v) is 12.6. The largest absolute Gasteiger partial charge is 0.462 e. The topological polar surface area (TPSA) is 55.1 Å². The molecule has 0 radical (unpaired) electrons. The predicted molar refractivity (Wildman–Crippen MR) is 81.7 cm³/mol. The first-order valence-electron chi connectivity index (χ1n) is 6.64. The van der Waals surface area contributed by atoms with E-state index < -0.39 is 0 Å². The van der Waals surface area contributed by atoms with E-state index in [0.29, 0.717) is 5.75 Å². The molecule has 0 spiro atoms. The number of nitrogens with zero attached hydrogens (tertiary/aromatic N) is 1. The number of rotatable bonds is 7. The summed E-state index contributed by atoms with van der Waals surface area (Å²) in [5.41, 5.74) is 1.00. The van der Waals surface area contributed by atoms with Crippen LogP contribution in [0.5, 0.6) is 0 Å². The highest BCUT2D eigenvalue weighted by Gasteiger charge is 2.21. The van der Waals surface area contributed by atoms with Crippen molar-refractivity contribution in [2.24, 2.45) is 5.92 Å². The first-order chi connectivity index (χ1) is 9.81. The lowest BCUT2D eigenvalue weighted by Crippen LogP contribution is -2.27. The molecule has 4 nitrogen and oxygen atoms in total. The van der Waals surface area contributed by atoms with Crippen LogP contribution in [0.3, 0.4) is 0 Å². The second kappa shape index (κ2) is 6.45. The van der Waals surface area contributed by atoms with Crippen molar-refractivity contribution in [1.82, 2.24) is 10.3 Å². The number of thioether (sulfide) groups is 1. The Morgan fingerprint density at radius 1 is 1.55 bits per heavy atom. The fraction of sp³-hybridized carbons (Fsp3) is 0.429. The van der Waals surface area contributed by atoms with Crippen molar-refractivity contribution in [2.45, 2.75) is 18.6 Å². The van der Waals surface area contributed by atoms with Crippen LogP contribution < -0.4 is 5.32 Å². The van der Waals surface area contributed by atoms with Gasteiger partial charge in [0.2, 0.25) is 5.91 Å². The van der Waals surface area contributed by atoms with E-state index in [0.717, 1.165) is 34.7 Å². The fourth-order valence-electron chi connectivity index (χ4n) is 1.77. The van der Waals surface area contributed by atoms with E-state index in [2.05, 4.69) is 10.3 Å². The van der Waals surface area contributed by atoms with Gasteiger partial charge < -0.3 is 9.73 Å². The van der Waals surface area contributed by atoms with Gasteiger partial charge in [-0.3, -0.25) is 4.79 Å². The number of nitrogens with one attached hydrogen (secondary N) is 1. The maximum atomic E-state index is 11.6. The molecular formula is C14H16N2O2S2. The highest BCUT2D eigenvalue weighted by molar-refractivity contribution is 7.99. The van der Waals surface area contributed by atoms with E-state index in [4.69, 9.17) is 4.42 Å². The van der Waals surface area contributed by atoms with Crippen molar-refractivity contribution in [3.05, 3.63) is 29.5 Å². The van der Waals surface area contributed by atoms with Crippen LogP contribution in [0, 0.1) is 5.92 Å². The molecule has 0 unspecified atom stereocenters. The molecule has 6 heteroatoms. The molecule has 2 aromatic rings. The quantitative estimate of drug-likeness (QED) is 0.853. The summed E-state index contributed by atoms with van der Waals surface area (Å²) in [5, 5.41) is 5.88. The van der Waals surface area contributed by atoms with Crippen LogP contribution >= 0.6 is 23.1 Å². The first kappa shape index (κ1) is 13.7. The van der Waals surface area contributed by atoms with Gasteiger partial charge in [0.25, 0.3) is 0 Å². The number of hydrogen-bond acceptors (Lipinski definition) is 5. The van der Waals surface area contributed by atoms with Crippen LogP contribution in [0.15, 0.2) is 28.2 Å². The Hall–Kier alpha value is -1.27. The molecule has 1 N–H and O–H groups in total. The average Bonchev–Trinajstić information content (AvgIpc) is 2.92. The van der Waals surface area contributed by atoms with Gasteiger partial charge in [-0.1, -0.05) is 0 Å². The van der Waals surface area contributed by atoms with Crippen LogP contribution in [0.4, 0.5) is 0 Å². The number of hydrogen-bond donors (Lipinski definition) is 1. The van der Waals surface area contributed by atoms with E-state index in [1.807, 2.05) is 17.5 Å². The Bertz CT molecular complexity index is 562. The van der Waals surface area contributed by atoms with Crippen molar-refractivity contribution in [2.75, 3.05) is 12.3 Å². The lowest BCUT2D eigenvalue weighted by Gasteiger charge is -2.02. The molecule has 106 valence electrons. The van der Waals surface area contributed by atoms with Gasteiger partial charge in [-0.2, -0.15) is 0 Å². The number of thiazole rings is 1. The molecule has 1 aliphatic rings. The van der Waals surface area contributed by atoms with Gasteiger partial charge in [0, 0.05) is 17.7 Å². The minimum atomic E-state index is 0.128. The van der Waals surface area contributed by atoms with Crippen LogP contribution in [0.25, 0.3) is 10.8 Å². The van der Waals surface area contributed by atoms with Crippen molar-refractivity contribution >= 4 is 29.0 Å². The molecule has 0 aliphatic heterocycles. The van der Waals surface area contributed by atoms with E-state index in [1.165, 1.54) is 12.8 Å². The summed E-state index contributed by atoms with van der Waals surface area (Å²) in [6.07, 6.45) is 4.18. The minimum absolute atomic E-state index is 0.128. The standard InChI is InChI=1S/C14H16N2O2S2/c17-13(15-6-10-3-4-10)9-19-7-11-8-20-14(16-11)12-2-1-5-18-12/h1-2,5,8,10H,3-4,6-7,9H2,(H,15,17). The second-order valence-corrected chi connectivity index (χ2v) is 6.71. The number of amides is 1. The zero-order valence-electron chi connectivity index (χ0n) is 11.0. The number of furan rings is 1. The highest BCUT2D eigenvalue weighted by Crippen LogP contribution is 2.28. The zero-order chi connectivity index (χ0) is 13.8. The summed E-state index contributed by atoms with van der Waals surface area (Å²) in [5.74, 6) is 2.92. The maximum Gasteiger partial charge on any atom is 0.230 e. The molecule has 2 aromatic heterocycles. The van der Waals surface area contributed by atoms with Gasteiger partial charge in [-0.25, -0.2) is 4.98 Å². The van der Waals surface area contributed by atoms with E-state index in [9.17, 15) is 4.79 Å². The van der Waals surface area contributed by atoms with Crippen LogP contribution in [0.1, 0.15) is 18.5 Å². The average molecular weight is 308 g/mol. The van der Waals surface area contributed by atoms with Crippen LogP contribution in [-0.4, -0.2) is 23.2 Å². The molecule has 1 saturated carbocycles. The molecule has 20 heavy (non-hydrogen) atoms. The van der Waals surface area contributed by atoms with Gasteiger partial charge in [0.1, 0.15) is 0 Å². The lowest BCUT2D eigenvalue weighted by molar-refractivity contribution is -0.118. The predicted octanol–water partition coefficient (Wildman–Crippen LogP) is 3.16. The summed E-state index contributed by atoms with van der Waals surface area (Å²) in [6, 6.07) is 3.76. The molecule has 1 amide bonds. The fourth-order valence-corrected chi connectivity index (χ4v) is 3.40. The molecule has 1 fully saturated rings. The van der Waals surface area contributed by atoms with Gasteiger partial charge in [0.05, 0.1) is 17.7 Å². The normalized spacial score (nSPS) is 14.4. The summed E-state index contributed by atoms with van der Waals surface area (Å²) in [4.78, 5) is 16.1. The second-order valence-electron chi connectivity index (χ2n) is 4.86. The Morgan fingerprint density at radius 2 is 2.45 bits per heavy atom. The summed E-state index contributed by atoms with van der Waals surface area (Å²) in [6.45, 7) is 0.846. The monoisotopic (exact) mass is 308 g/mol. The third kappa shape index (κ3) is 3.86. The Balaban J connectivity index is 1.40. The molecule has 3 rings (SSSR count). The van der Waals surface area contributed by atoms with E-state index in [-0.39, 0.29) is 5.91 Å². The Morgan fingerprint density at radius 3 is 3.20 bits per heavy atom. The lowest BCUT2D eigenvalue weighted by atomic mass is 10.4. The van der Waals surface area contributed by atoms with Crippen molar-refractivity contribution < 1.29 is 9.21 Å². The number of carbonyl (C=O) groups is 1. The molecule has 2 heterocycles. The maximum absolute atomic E-state index is 11.6. The minimum Gasteiger partial charge on any atom is -0.462 e. The summed E-state index contributed by atoms with van der Waals surface area (Å²) < 4.78 is 5.31. The Kier molecular flexibility index (Phi) is 4.42. The molecule has 1 aliphatic carbocycles. The number of carbonyl (C=O) groups excluding carboxylic acids is 1. The van der Waals surface area contributed by atoms with E-state index in [1.54, 1.807) is 29.4 Å². The highest BCUT2D eigenvalue weighted by atomic mass is 32.2. The third-order valence-electron chi connectivity index (χ3n) is 3.05. The molecular weight excluding hydrogens is 292 g/mol. The van der Waals surface area contributed by atoms with Crippen molar-refractivity contribution in [3.8, 4) is 10.8 Å². The summed E-state index contributed by atoms with van der Waals surface area (Å²) in [7, 11) is 0. The molecule has 0 atom stereocenters. The van der Waals surface area contributed by atoms with Gasteiger partial charge in [-0.15, -0.1) is 23.1 Å². The summed E-state index contributed by atoms with van der Waals surface area (Å²) >= 11 is 3.17. The molecule has 0 saturated heterocycles. The van der Waals surface area contributed by atoms with Crippen molar-refractivity contribution in [3.63, 3.8) is 0 Å². The number of aromatic nitrogens is 1. The van der Waals surface area contributed by atoms with Crippen LogP contribution in [0.2, 0.25) is 0 Å². The first-order valence-corrected chi connectivity index (χ1v) is 8.67. The molecule has 0 aromatic carbocycles.